The molecule has 44 heavy (non-hydrogen) atoms. The minimum Gasteiger partial charge on any atom is -0.378 e. The van der Waals surface area contributed by atoms with Crippen LogP contribution in [0.15, 0.2) is 0 Å². The standard InChI is InChI=1S/C35H69N3O6/c1-23(2)29-17-26(20-33(7,8)36(29)39)42-16-14-13-15-32(43-27-18-30(24(3)4)37(40)34(9,10)21-27)44-28-19-31(25(5)6)38(41)35(11,12)22-28/h23-32,39-41H,13-22H2,1-12H3/p+3. The molecule has 9 nitrogen and oxygen atoms in total. The number of hydroxylamine groups is 6. The van der Waals surface area contributed by atoms with E-state index in [4.69, 9.17) is 29.8 Å². The summed E-state index contributed by atoms with van der Waals surface area (Å²) in [5.74, 6) is 1.19. The lowest BCUT2D eigenvalue weighted by molar-refractivity contribution is -0.284. The maximum absolute atomic E-state index is 8.78. The van der Waals surface area contributed by atoms with Crippen LogP contribution in [0.4, 0.5) is 0 Å². The van der Waals surface area contributed by atoms with Gasteiger partial charge in [0.05, 0.1) is 53.1 Å². The van der Waals surface area contributed by atoms with Crippen LogP contribution >= 0.6 is 0 Å². The van der Waals surface area contributed by atoms with E-state index in [0.717, 1.165) is 64.4 Å². The molecule has 0 aromatic rings. The molecular weight excluding hydrogens is 558 g/mol. The van der Waals surface area contributed by atoms with Crippen molar-refractivity contribution in [3.05, 3.63) is 0 Å². The van der Waals surface area contributed by atoms with Gasteiger partial charge in [0, 0.05) is 6.61 Å². The zero-order chi connectivity index (χ0) is 33.2. The number of rotatable bonds is 13. The van der Waals surface area contributed by atoms with Gasteiger partial charge < -0.3 is 29.8 Å². The van der Waals surface area contributed by atoms with Gasteiger partial charge in [0.25, 0.3) is 0 Å². The third kappa shape index (κ3) is 9.60. The fourth-order valence-electron chi connectivity index (χ4n) is 7.99. The summed E-state index contributed by atoms with van der Waals surface area (Å²) in [5, 5.41) is 31.6. The number of hydrogen-bond acceptors (Lipinski definition) is 6. The molecule has 3 aliphatic rings. The minimum absolute atomic E-state index is 0.0516. The summed E-state index contributed by atoms with van der Waals surface area (Å²) in [6, 6.07) is 0.531. The summed E-state index contributed by atoms with van der Waals surface area (Å²) in [4.78, 5) is 0. The Morgan fingerprint density at radius 3 is 1.27 bits per heavy atom. The van der Waals surface area contributed by atoms with Crippen molar-refractivity contribution < 1.29 is 29.8 Å². The number of nitrogens with zero attached hydrogens (tertiary/aromatic N) is 3. The zero-order valence-corrected chi connectivity index (χ0v) is 30.4. The van der Waals surface area contributed by atoms with Crippen LogP contribution in [-0.2, 0) is 14.2 Å². The van der Waals surface area contributed by atoms with Gasteiger partial charge in [-0.3, -0.25) is 0 Å². The highest BCUT2D eigenvalue weighted by Gasteiger charge is 2.48. The van der Waals surface area contributed by atoms with E-state index in [1.807, 2.05) is 5.06 Å². The van der Waals surface area contributed by atoms with E-state index in [0.29, 0.717) is 17.8 Å². The Morgan fingerprint density at radius 2 is 0.909 bits per heavy atom. The van der Waals surface area contributed by atoms with E-state index in [1.54, 1.807) is 10.1 Å². The van der Waals surface area contributed by atoms with Crippen molar-refractivity contribution in [2.75, 3.05) is 6.61 Å². The van der Waals surface area contributed by atoms with E-state index >= 15 is 0 Å². The second-order valence-electron chi connectivity index (χ2n) is 17.2. The van der Waals surface area contributed by atoms with Gasteiger partial charge in [-0.15, -0.1) is 0 Å². The Morgan fingerprint density at radius 1 is 0.568 bits per heavy atom. The SMILES string of the molecule is CC(C)C1CC(OCCCCC(OC2CC(C(C)C)N([OH2+])C(C)(C)C2)OC2CC(C(C)C)N([OH2+])C(C)(C)C2)CC(C)(C)N1[OH2+]. The molecule has 260 valence electrons. The molecule has 9 heteroatoms. The molecule has 3 rings (SSSR count). The monoisotopic (exact) mass is 631 g/mol. The molecular formula is C35H72N3O6+3. The summed E-state index contributed by atoms with van der Waals surface area (Å²) in [6.07, 6.45) is 7.85. The van der Waals surface area contributed by atoms with Crippen molar-refractivity contribution in [1.82, 2.24) is 15.2 Å². The normalized spacial score (nSPS) is 34.2. The van der Waals surface area contributed by atoms with E-state index in [-0.39, 0.29) is 59.3 Å². The van der Waals surface area contributed by atoms with E-state index in [9.17, 15) is 0 Å². The highest BCUT2D eigenvalue weighted by Crippen LogP contribution is 2.39. The first-order valence-corrected chi connectivity index (χ1v) is 17.7. The molecule has 0 aliphatic carbocycles. The van der Waals surface area contributed by atoms with Crippen LogP contribution in [0.1, 0.15) is 141 Å². The Kier molecular flexibility index (Phi) is 13.2. The van der Waals surface area contributed by atoms with Crippen LogP contribution in [0.5, 0.6) is 0 Å². The lowest BCUT2D eigenvalue weighted by Crippen LogP contribution is -2.58. The van der Waals surface area contributed by atoms with Crippen LogP contribution in [0.3, 0.4) is 0 Å². The van der Waals surface area contributed by atoms with Crippen molar-refractivity contribution in [2.45, 2.75) is 200 Å². The van der Waals surface area contributed by atoms with Crippen molar-refractivity contribution in [3.63, 3.8) is 0 Å². The fourth-order valence-corrected chi connectivity index (χ4v) is 7.99. The topological polar surface area (TPSA) is 106 Å². The van der Waals surface area contributed by atoms with Crippen LogP contribution in [0.2, 0.25) is 0 Å². The van der Waals surface area contributed by atoms with Gasteiger partial charge in [-0.25, -0.2) is 0 Å². The first kappa shape index (κ1) is 38.1. The minimum atomic E-state index is -0.303. The molecule has 0 saturated carbocycles. The highest BCUT2D eigenvalue weighted by molar-refractivity contribution is 4.95. The molecule has 0 radical (unpaired) electrons. The molecule has 0 aromatic heterocycles. The van der Waals surface area contributed by atoms with Crippen LogP contribution in [0.25, 0.3) is 0 Å². The number of unbranched alkanes of at least 4 members (excludes halogenated alkanes) is 1. The molecule has 0 spiro atoms. The smallest absolute Gasteiger partial charge is 0.158 e. The summed E-state index contributed by atoms with van der Waals surface area (Å²) < 4.78 is 20.2. The van der Waals surface area contributed by atoms with Crippen LogP contribution < -0.4 is 0 Å². The Labute approximate surface area is 269 Å². The molecule has 6 unspecified atom stereocenters. The summed E-state index contributed by atoms with van der Waals surface area (Å²) in [5.41, 5.74) is -0.696. The second kappa shape index (κ2) is 15.2. The van der Waals surface area contributed by atoms with Crippen LogP contribution in [-0.4, -0.2) is 96.8 Å². The first-order valence-electron chi connectivity index (χ1n) is 17.7. The summed E-state index contributed by atoms with van der Waals surface area (Å²) in [7, 11) is 0. The zero-order valence-electron chi connectivity index (χ0n) is 30.4. The average molecular weight is 631 g/mol. The average Bonchev–Trinajstić information content (AvgIpc) is 2.88. The van der Waals surface area contributed by atoms with Gasteiger partial charge in [-0.05, 0) is 117 Å². The molecule has 3 heterocycles. The number of hydrogen-bond donors (Lipinski definition) is 0. The largest absolute Gasteiger partial charge is 0.378 e. The molecule has 0 bridgehead atoms. The Balaban J connectivity index is 1.64. The van der Waals surface area contributed by atoms with Crippen molar-refractivity contribution in [2.24, 2.45) is 17.8 Å². The fraction of sp³-hybridized carbons (Fsp3) is 1.00. The first-order chi connectivity index (χ1) is 20.2. The second-order valence-corrected chi connectivity index (χ2v) is 17.2. The number of ether oxygens (including phenoxy) is 3. The molecule has 0 amide bonds. The van der Waals surface area contributed by atoms with Crippen molar-refractivity contribution in [1.29, 1.82) is 0 Å². The predicted molar refractivity (Wildman–Crippen MR) is 179 cm³/mol. The van der Waals surface area contributed by atoms with Gasteiger partial charge in [0.15, 0.2) is 6.29 Å². The van der Waals surface area contributed by atoms with Crippen LogP contribution in [0, 0.1) is 17.8 Å². The molecule has 6 atom stereocenters. The molecule has 3 aliphatic heterocycles. The molecule has 0 aromatic carbocycles. The van der Waals surface area contributed by atoms with Gasteiger partial charge in [0.1, 0.15) is 0 Å². The Bertz CT molecular complexity index is 837. The Hall–Kier alpha value is -0.360. The molecule has 3 fully saturated rings. The van der Waals surface area contributed by atoms with Gasteiger partial charge in [-0.2, -0.15) is 0 Å². The maximum atomic E-state index is 8.78. The lowest BCUT2D eigenvalue weighted by atomic mass is 9.82. The third-order valence-electron chi connectivity index (χ3n) is 10.8. The van der Waals surface area contributed by atoms with E-state index in [2.05, 4.69) is 83.1 Å². The molecule has 3 saturated heterocycles. The van der Waals surface area contributed by atoms with Gasteiger partial charge in [-0.1, -0.05) is 56.7 Å². The van der Waals surface area contributed by atoms with E-state index < -0.39 is 0 Å². The van der Waals surface area contributed by atoms with Crippen molar-refractivity contribution in [3.8, 4) is 0 Å². The van der Waals surface area contributed by atoms with E-state index in [1.165, 1.54) is 0 Å². The molecule has 6 N–H and O–H groups in total. The summed E-state index contributed by atoms with van der Waals surface area (Å²) in [6.45, 7) is 26.9. The van der Waals surface area contributed by atoms with Gasteiger partial charge >= 0.3 is 0 Å². The predicted octanol–water partition coefficient (Wildman–Crippen LogP) is 5.25. The highest BCUT2D eigenvalue weighted by atomic mass is 16.7. The lowest BCUT2D eigenvalue weighted by Gasteiger charge is -2.47. The quantitative estimate of drug-likeness (QED) is 0.156. The van der Waals surface area contributed by atoms with Gasteiger partial charge in [0.2, 0.25) is 0 Å². The summed E-state index contributed by atoms with van der Waals surface area (Å²) >= 11 is 0. The third-order valence-corrected chi connectivity index (χ3v) is 10.8. The maximum Gasteiger partial charge on any atom is 0.158 e. The van der Waals surface area contributed by atoms with Crippen molar-refractivity contribution >= 4 is 0 Å². The number of piperidine rings is 3.